The van der Waals surface area contributed by atoms with Crippen LogP contribution in [0.3, 0.4) is 0 Å². The van der Waals surface area contributed by atoms with Gasteiger partial charge in [0.2, 0.25) is 5.76 Å². The van der Waals surface area contributed by atoms with E-state index in [0.717, 1.165) is 12.8 Å². The highest BCUT2D eigenvalue weighted by atomic mass is 16.5. The lowest BCUT2D eigenvalue weighted by Crippen LogP contribution is -2.51. The number of ether oxygens (including phenoxy) is 1. The molecule has 3 aromatic heterocycles. The molecule has 2 amide bonds. The summed E-state index contributed by atoms with van der Waals surface area (Å²) in [4.78, 5) is 29.3. The predicted octanol–water partition coefficient (Wildman–Crippen LogP) is 1.37. The fraction of sp³-hybridized carbons (Fsp3) is 0.368. The number of fused-ring (bicyclic) bond motifs is 1. The van der Waals surface area contributed by atoms with E-state index < -0.39 is 0 Å². The van der Waals surface area contributed by atoms with Gasteiger partial charge in [-0.1, -0.05) is 0 Å². The second-order valence-electron chi connectivity index (χ2n) is 6.87. The molecule has 1 aliphatic rings. The van der Waals surface area contributed by atoms with Gasteiger partial charge in [-0.05, 0) is 12.8 Å². The van der Waals surface area contributed by atoms with E-state index in [-0.39, 0.29) is 29.7 Å². The van der Waals surface area contributed by atoms with Crippen molar-refractivity contribution in [3.63, 3.8) is 0 Å². The van der Waals surface area contributed by atoms with Crippen molar-refractivity contribution in [1.29, 1.82) is 0 Å². The number of methoxy groups -OCH3 is 1. The van der Waals surface area contributed by atoms with Gasteiger partial charge in [0.1, 0.15) is 17.2 Å². The Bertz CT molecular complexity index is 1090. The van der Waals surface area contributed by atoms with Crippen molar-refractivity contribution in [1.82, 2.24) is 25.2 Å². The van der Waals surface area contributed by atoms with Crippen molar-refractivity contribution in [2.45, 2.75) is 25.0 Å². The number of aromatic nitrogens is 3. The largest absolute Gasteiger partial charge is 0.457 e. The number of rotatable bonds is 7. The Hall–Kier alpha value is -3.60. The molecule has 1 aliphatic carbocycles. The minimum Gasteiger partial charge on any atom is -0.457 e. The molecule has 1 fully saturated rings. The van der Waals surface area contributed by atoms with Gasteiger partial charge in [0.25, 0.3) is 11.8 Å². The third-order valence-corrected chi connectivity index (χ3v) is 5.16. The van der Waals surface area contributed by atoms with Gasteiger partial charge in [0, 0.05) is 33.3 Å². The van der Waals surface area contributed by atoms with Gasteiger partial charge < -0.3 is 30.4 Å². The first kappa shape index (κ1) is 19.7. The van der Waals surface area contributed by atoms with Crippen LogP contribution in [0.1, 0.15) is 33.8 Å². The third kappa shape index (κ3) is 3.43. The monoisotopic (exact) mass is 413 g/mol. The molecule has 4 rings (SSSR count). The number of nitrogens with zero attached hydrogens (tertiary/aromatic N) is 3. The topological polar surface area (TPSA) is 135 Å². The second-order valence-corrected chi connectivity index (χ2v) is 6.87. The van der Waals surface area contributed by atoms with Crippen molar-refractivity contribution in [2.24, 2.45) is 0 Å². The van der Waals surface area contributed by atoms with Crippen LogP contribution in [0.25, 0.3) is 5.65 Å². The van der Waals surface area contributed by atoms with Gasteiger partial charge in [-0.15, -0.1) is 0 Å². The predicted molar refractivity (Wildman–Crippen MR) is 109 cm³/mol. The number of amides is 2. The van der Waals surface area contributed by atoms with Crippen molar-refractivity contribution in [3.8, 4) is 0 Å². The first-order valence-corrected chi connectivity index (χ1v) is 9.52. The first-order valence-electron chi connectivity index (χ1n) is 9.52. The van der Waals surface area contributed by atoms with Crippen LogP contribution >= 0.6 is 0 Å². The SMILES string of the molecule is CNC(=O)c1occc1Nc1cc(NC)n2ncc(C(=O)NC3CC[C@@H]3OC)c2n1. The minimum atomic E-state index is -0.366. The van der Waals surface area contributed by atoms with Gasteiger partial charge >= 0.3 is 0 Å². The molecule has 1 unspecified atom stereocenters. The van der Waals surface area contributed by atoms with Gasteiger partial charge in [0.05, 0.1) is 30.3 Å². The van der Waals surface area contributed by atoms with E-state index in [0.29, 0.717) is 28.5 Å². The van der Waals surface area contributed by atoms with Crippen molar-refractivity contribution >= 4 is 34.8 Å². The third-order valence-electron chi connectivity index (χ3n) is 5.16. The van der Waals surface area contributed by atoms with E-state index in [1.807, 2.05) is 0 Å². The summed E-state index contributed by atoms with van der Waals surface area (Å²) < 4.78 is 12.1. The molecular weight excluding hydrogens is 390 g/mol. The zero-order valence-corrected chi connectivity index (χ0v) is 16.9. The van der Waals surface area contributed by atoms with Gasteiger partial charge in [-0.25, -0.2) is 4.98 Å². The number of hydrogen-bond acceptors (Lipinski definition) is 8. The van der Waals surface area contributed by atoms with Crippen LogP contribution in [-0.2, 0) is 4.74 Å². The molecule has 0 saturated heterocycles. The molecule has 0 spiro atoms. The lowest BCUT2D eigenvalue weighted by Gasteiger charge is -2.35. The summed E-state index contributed by atoms with van der Waals surface area (Å²) in [6.07, 6.45) is 4.71. The van der Waals surface area contributed by atoms with Crippen LogP contribution in [0, 0.1) is 0 Å². The van der Waals surface area contributed by atoms with E-state index in [1.54, 1.807) is 30.8 Å². The summed E-state index contributed by atoms with van der Waals surface area (Å²) in [5.74, 6) is 0.538. The molecule has 11 nitrogen and oxygen atoms in total. The first-order chi connectivity index (χ1) is 14.5. The molecule has 158 valence electrons. The maximum Gasteiger partial charge on any atom is 0.288 e. The Morgan fingerprint density at radius 3 is 2.77 bits per heavy atom. The molecule has 0 aliphatic heterocycles. The van der Waals surface area contributed by atoms with Gasteiger partial charge in [0.15, 0.2) is 5.65 Å². The fourth-order valence-corrected chi connectivity index (χ4v) is 3.36. The highest BCUT2D eigenvalue weighted by Gasteiger charge is 2.33. The van der Waals surface area contributed by atoms with Crippen LogP contribution in [0.2, 0.25) is 0 Å². The molecule has 1 saturated carbocycles. The number of nitrogens with one attached hydrogen (secondary N) is 4. The molecule has 3 heterocycles. The molecule has 0 aromatic carbocycles. The quantitative estimate of drug-likeness (QED) is 0.456. The average molecular weight is 413 g/mol. The number of carbonyl (C=O) groups excluding carboxylic acids is 2. The average Bonchev–Trinajstić information content (AvgIpc) is 3.37. The number of anilines is 3. The minimum absolute atomic E-state index is 0.0245. The maximum absolute atomic E-state index is 12.8. The van der Waals surface area contributed by atoms with Crippen molar-refractivity contribution in [3.05, 3.63) is 35.9 Å². The smallest absolute Gasteiger partial charge is 0.288 e. The molecule has 3 aromatic rings. The van der Waals surface area contributed by atoms with Crippen molar-refractivity contribution < 1.29 is 18.7 Å². The molecule has 0 radical (unpaired) electrons. The second kappa shape index (κ2) is 8.03. The molecule has 0 bridgehead atoms. The van der Waals surface area contributed by atoms with Crippen molar-refractivity contribution in [2.75, 3.05) is 31.8 Å². The highest BCUT2D eigenvalue weighted by Crippen LogP contribution is 2.26. The summed E-state index contributed by atoms with van der Waals surface area (Å²) in [7, 11) is 4.90. The Morgan fingerprint density at radius 1 is 1.27 bits per heavy atom. The summed E-state index contributed by atoms with van der Waals surface area (Å²) in [6.45, 7) is 0. The lowest BCUT2D eigenvalue weighted by atomic mass is 9.89. The Labute approximate surface area is 172 Å². The van der Waals surface area contributed by atoms with E-state index in [9.17, 15) is 9.59 Å². The maximum atomic E-state index is 12.8. The summed E-state index contributed by atoms with van der Waals surface area (Å²) in [5.41, 5.74) is 1.17. The molecular formula is C19H23N7O4. The van der Waals surface area contributed by atoms with Crippen LogP contribution in [0.5, 0.6) is 0 Å². The lowest BCUT2D eigenvalue weighted by molar-refractivity contribution is 0.00732. The Kier molecular flexibility index (Phi) is 5.27. The normalized spacial score (nSPS) is 18.0. The summed E-state index contributed by atoms with van der Waals surface area (Å²) >= 11 is 0. The van der Waals surface area contributed by atoms with Gasteiger partial charge in [-0.3, -0.25) is 9.59 Å². The van der Waals surface area contributed by atoms with E-state index in [1.165, 1.54) is 19.5 Å². The molecule has 2 atom stereocenters. The summed E-state index contributed by atoms with van der Waals surface area (Å²) in [5, 5.41) is 15.9. The van der Waals surface area contributed by atoms with Crippen LogP contribution in [0.15, 0.2) is 29.0 Å². The molecule has 11 heteroatoms. The van der Waals surface area contributed by atoms with E-state index in [4.69, 9.17) is 9.15 Å². The molecule has 30 heavy (non-hydrogen) atoms. The van der Waals surface area contributed by atoms with Gasteiger partial charge in [-0.2, -0.15) is 9.61 Å². The standard InChI is InChI=1S/C19H23N7O4/c1-20-15-8-14(23-12-6-7-30-16(12)19(28)21-2)25-17-10(9-22-26(15)17)18(27)24-11-4-5-13(11)29-3/h6-9,11,13,20H,4-5H2,1-3H3,(H,21,28)(H,23,25)(H,24,27)/t11?,13-/m0/s1. The Morgan fingerprint density at radius 2 is 2.10 bits per heavy atom. The van der Waals surface area contributed by atoms with Crippen LogP contribution < -0.4 is 21.3 Å². The Balaban J connectivity index is 1.66. The number of carbonyl (C=O) groups is 2. The number of hydrogen-bond donors (Lipinski definition) is 4. The molecule has 4 N–H and O–H groups in total. The van der Waals surface area contributed by atoms with Crippen LogP contribution in [0.4, 0.5) is 17.3 Å². The highest BCUT2D eigenvalue weighted by molar-refractivity contribution is 6.00. The van der Waals surface area contributed by atoms with Crippen LogP contribution in [-0.4, -0.2) is 59.8 Å². The zero-order valence-electron chi connectivity index (χ0n) is 16.9. The summed E-state index contributed by atoms with van der Waals surface area (Å²) in [6, 6.07) is 3.32. The number of furan rings is 1. The van der Waals surface area contributed by atoms with E-state index >= 15 is 0 Å². The zero-order chi connectivity index (χ0) is 21.3. The van der Waals surface area contributed by atoms with E-state index in [2.05, 4.69) is 31.3 Å². The fourth-order valence-electron chi connectivity index (χ4n) is 3.36.